The summed E-state index contributed by atoms with van der Waals surface area (Å²) in [6.07, 6.45) is 4.40. The number of hydrogen-bond acceptors (Lipinski definition) is 5. The molecule has 3 rings (SSSR count). The summed E-state index contributed by atoms with van der Waals surface area (Å²) in [5.41, 5.74) is 1.35. The average molecular weight is 290 g/mol. The van der Waals surface area contributed by atoms with Gasteiger partial charge in [-0.3, -0.25) is 9.80 Å². The molecule has 0 saturated carbocycles. The molecule has 5 nitrogen and oxygen atoms in total. The van der Waals surface area contributed by atoms with Gasteiger partial charge < -0.3 is 10.1 Å². The van der Waals surface area contributed by atoms with Crippen LogP contribution in [0.15, 0.2) is 18.3 Å². The minimum atomic E-state index is 0.518. The summed E-state index contributed by atoms with van der Waals surface area (Å²) in [6.45, 7) is 7.00. The third-order valence-electron chi connectivity index (χ3n) is 4.54. The molecule has 21 heavy (non-hydrogen) atoms. The summed E-state index contributed by atoms with van der Waals surface area (Å²) >= 11 is 0. The molecule has 2 fully saturated rings. The zero-order valence-corrected chi connectivity index (χ0v) is 12.9. The summed E-state index contributed by atoms with van der Waals surface area (Å²) < 4.78 is 5.38. The number of rotatable bonds is 5. The molecule has 1 atom stereocenters. The third kappa shape index (κ3) is 3.73. The Labute approximate surface area is 127 Å². The Kier molecular flexibility index (Phi) is 5.06. The molecule has 5 heteroatoms. The van der Waals surface area contributed by atoms with Crippen molar-refractivity contribution >= 4 is 5.82 Å². The molecule has 1 N–H and O–H groups in total. The summed E-state index contributed by atoms with van der Waals surface area (Å²) in [4.78, 5) is 9.44. The Balaban J connectivity index is 1.57. The highest BCUT2D eigenvalue weighted by Gasteiger charge is 2.25. The second-order valence-electron chi connectivity index (χ2n) is 5.96. The van der Waals surface area contributed by atoms with Crippen molar-refractivity contribution in [3.8, 4) is 0 Å². The smallest absolute Gasteiger partial charge is 0.130 e. The van der Waals surface area contributed by atoms with Crippen LogP contribution >= 0.6 is 0 Å². The normalized spacial score (nSPS) is 24.3. The van der Waals surface area contributed by atoms with Crippen LogP contribution in [0.1, 0.15) is 24.4 Å². The van der Waals surface area contributed by atoms with Gasteiger partial charge in [-0.25, -0.2) is 4.98 Å². The first kappa shape index (κ1) is 14.8. The van der Waals surface area contributed by atoms with Gasteiger partial charge in [0.2, 0.25) is 0 Å². The maximum absolute atomic E-state index is 5.38. The highest BCUT2D eigenvalue weighted by molar-refractivity contribution is 5.46. The van der Waals surface area contributed by atoms with Crippen molar-refractivity contribution in [2.24, 2.45) is 0 Å². The Morgan fingerprint density at radius 2 is 2.19 bits per heavy atom. The van der Waals surface area contributed by atoms with Crippen molar-refractivity contribution in [3.05, 3.63) is 23.9 Å². The predicted molar refractivity (Wildman–Crippen MR) is 84.6 cm³/mol. The lowest BCUT2D eigenvalue weighted by Gasteiger charge is -2.27. The first-order chi connectivity index (χ1) is 10.3. The standard InChI is InChI=1S/C16H26N4O/c1-19-8-3-5-15(19)14-4-2-6-17-16(14)18-7-9-20-10-12-21-13-11-20/h2,4,6,15H,3,5,7-13H2,1H3,(H,17,18). The number of anilines is 1. The monoisotopic (exact) mass is 290 g/mol. The summed E-state index contributed by atoms with van der Waals surface area (Å²) in [6, 6.07) is 4.79. The van der Waals surface area contributed by atoms with Crippen LogP contribution < -0.4 is 5.32 Å². The maximum atomic E-state index is 5.38. The van der Waals surface area contributed by atoms with Crippen molar-refractivity contribution in [1.82, 2.24) is 14.8 Å². The van der Waals surface area contributed by atoms with Gasteiger partial charge in [-0.2, -0.15) is 0 Å². The van der Waals surface area contributed by atoms with Gasteiger partial charge in [-0.1, -0.05) is 6.07 Å². The molecule has 116 valence electrons. The van der Waals surface area contributed by atoms with E-state index in [0.717, 1.165) is 45.2 Å². The van der Waals surface area contributed by atoms with Crippen LogP contribution in [0.2, 0.25) is 0 Å². The van der Waals surface area contributed by atoms with Crippen LogP contribution in [-0.4, -0.2) is 67.8 Å². The van der Waals surface area contributed by atoms with E-state index in [1.165, 1.54) is 24.9 Å². The molecule has 1 aromatic rings. The second kappa shape index (κ2) is 7.20. The van der Waals surface area contributed by atoms with Crippen molar-refractivity contribution in [3.63, 3.8) is 0 Å². The van der Waals surface area contributed by atoms with Gasteiger partial charge in [0.15, 0.2) is 0 Å². The first-order valence-corrected chi connectivity index (χ1v) is 8.04. The molecular formula is C16H26N4O. The van der Waals surface area contributed by atoms with E-state index in [9.17, 15) is 0 Å². The minimum absolute atomic E-state index is 0.518. The maximum Gasteiger partial charge on any atom is 0.130 e. The fourth-order valence-electron chi connectivity index (χ4n) is 3.29. The number of ether oxygens (including phenoxy) is 1. The fourth-order valence-corrected chi connectivity index (χ4v) is 3.29. The van der Waals surface area contributed by atoms with Crippen LogP contribution in [0.4, 0.5) is 5.82 Å². The molecule has 0 spiro atoms. The number of nitrogens with one attached hydrogen (secondary N) is 1. The highest BCUT2D eigenvalue weighted by atomic mass is 16.5. The van der Waals surface area contributed by atoms with Gasteiger partial charge in [-0.05, 0) is 32.5 Å². The number of pyridine rings is 1. The van der Waals surface area contributed by atoms with E-state index in [2.05, 4.69) is 39.3 Å². The highest BCUT2D eigenvalue weighted by Crippen LogP contribution is 2.33. The Morgan fingerprint density at radius 3 is 2.95 bits per heavy atom. The number of nitrogens with zero attached hydrogens (tertiary/aromatic N) is 3. The van der Waals surface area contributed by atoms with Crippen LogP contribution in [0, 0.1) is 0 Å². The Morgan fingerprint density at radius 1 is 1.33 bits per heavy atom. The lowest BCUT2D eigenvalue weighted by Crippen LogP contribution is -2.39. The molecular weight excluding hydrogens is 264 g/mol. The molecule has 0 amide bonds. The molecule has 1 unspecified atom stereocenters. The quantitative estimate of drug-likeness (QED) is 0.892. The summed E-state index contributed by atoms with van der Waals surface area (Å²) in [5.74, 6) is 1.06. The van der Waals surface area contributed by atoms with Crippen LogP contribution in [0.3, 0.4) is 0 Å². The summed E-state index contributed by atoms with van der Waals surface area (Å²) in [7, 11) is 2.21. The Bertz CT molecular complexity index is 448. The average Bonchev–Trinajstić information content (AvgIpc) is 2.95. The van der Waals surface area contributed by atoms with E-state index >= 15 is 0 Å². The number of aromatic nitrogens is 1. The van der Waals surface area contributed by atoms with Gasteiger partial charge in [0.05, 0.1) is 13.2 Å². The number of likely N-dealkylation sites (tertiary alicyclic amines) is 1. The molecule has 2 aliphatic rings. The Hall–Kier alpha value is -1.17. The van der Waals surface area contributed by atoms with E-state index < -0.39 is 0 Å². The molecule has 2 saturated heterocycles. The van der Waals surface area contributed by atoms with Crippen molar-refractivity contribution in [1.29, 1.82) is 0 Å². The van der Waals surface area contributed by atoms with Gasteiger partial charge in [-0.15, -0.1) is 0 Å². The second-order valence-corrected chi connectivity index (χ2v) is 5.96. The van der Waals surface area contributed by atoms with Crippen molar-refractivity contribution < 1.29 is 4.74 Å². The van der Waals surface area contributed by atoms with Crippen LogP contribution in [-0.2, 0) is 4.74 Å². The fraction of sp³-hybridized carbons (Fsp3) is 0.688. The predicted octanol–water partition coefficient (Wildman–Crippen LogP) is 1.59. The largest absolute Gasteiger partial charge is 0.379 e. The van der Waals surface area contributed by atoms with Crippen molar-refractivity contribution in [2.75, 3.05) is 58.3 Å². The lowest BCUT2D eigenvalue weighted by atomic mass is 10.1. The molecule has 0 aromatic carbocycles. The third-order valence-corrected chi connectivity index (χ3v) is 4.54. The molecule has 0 radical (unpaired) electrons. The SMILES string of the molecule is CN1CCCC1c1cccnc1NCCN1CCOCC1. The van der Waals surface area contributed by atoms with E-state index in [1.54, 1.807) is 0 Å². The lowest BCUT2D eigenvalue weighted by molar-refractivity contribution is 0.0398. The number of morpholine rings is 1. The van der Waals surface area contributed by atoms with E-state index in [0.29, 0.717) is 6.04 Å². The first-order valence-electron chi connectivity index (χ1n) is 8.04. The summed E-state index contributed by atoms with van der Waals surface area (Å²) in [5, 5.41) is 3.54. The van der Waals surface area contributed by atoms with E-state index in [4.69, 9.17) is 4.74 Å². The molecule has 3 heterocycles. The molecule has 1 aromatic heterocycles. The molecule has 0 bridgehead atoms. The zero-order chi connectivity index (χ0) is 14.5. The molecule has 2 aliphatic heterocycles. The van der Waals surface area contributed by atoms with Crippen LogP contribution in [0.5, 0.6) is 0 Å². The van der Waals surface area contributed by atoms with E-state index in [-0.39, 0.29) is 0 Å². The number of hydrogen-bond donors (Lipinski definition) is 1. The van der Waals surface area contributed by atoms with E-state index in [1.807, 2.05) is 6.20 Å². The van der Waals surface area contributed by atoms with Crippen molar-refractivity contribution in [2.45, 2.75) is 18.9 Å². The topological polar surface area (TPSA) is 40.6 Å². The van der Waals surface area contributed by atoms with Gasteiger partial charge in [0.1, 0.15) is 5.82 Å². The van der Waals surface area contributed by atoms with Crippen LogP contribution in [0.25, 0.3) is 0 Å². The molecule has 0 aliphatic carbocycles. The van der Waals surface area contributed by atoms with Gasteiger partial charge >= 0.3 is 0 Å². The zero-order valence-electron chi connectivity index (χ0n) is 12.9. The van der Waals surface area contributed by atoms with Gasteiger partial charge in [0.25, 0.3) is 0 Å². The van der Waals surface area contributed by atoms with Gasteiger partial charge in [0, 0.05) is 44.0 Å². The minimum Gasteiger partial charge on any atom is -0.379 e.